The molecule has 6 aliphatic carbocycles. The molecule has 11 aromatic rings. The minimum Gasteiger partial charge on any atom is -0.308 e. The molecule has 0 amide bonds. The molecule has 0 spiro atoms. The van der Waals surface area contributed by atoms with Gasteiger partial charge in [-0.05, 0) is 160 Å². The fraction of sp³-hybridized carbons (Fsp3) is 0.310. The van der Waals surface area contributed by atoms with E-state index in [0.717, 1.165) is 36.8 Å². The standard InChI is InChI=1S/C69H62N2O.C2H6/c1-40(2)68-31-27-66(6,28-32-68)54-35-50-51-38-59-61(62-53-36-55-52(65(72)69(41(3)4)33-29-67(55,7)30-34-69)39-58(53)71(64(51)62)57(50)37-49(54)42(68)5)48-25-14-21-45-22-15-26-56(60(45)48)70(59)63-46(43-17-10-8-11-18-43)23-16-24-47(63)44-19-12-9-13-20-44;1-2/h8-26,35-41H,5,27-34H2,1-4,6-7H3;1-2H3. The van der Waals surface area contributed by atoms with Crippen molar-refractivity contribution in [2.24, 2.45) is 22.7 Å². The second kappa shape index (κ2) is 15.8. The summed E-state index contributed by atoms with van der Waals surface area (Å²) in [6, 6.07) is 55.4. The summed E-state index contributed by atoms with van der Waals surface area (Å²) in [6.07, 6.45) is 8.65. The van der Waals surface area contributed by atoms with Gasteiger partial charge in [-0.15, -0.1) is 0 Å². The zero-order valence-electron chi connectivity index (χ0n) is 44.7. The molecule has 2 saturated carbocycles. The molecule has 3 heteroatoms. The van der Waals surface area contributed by atoms with Gasteiger partial charge in [0.1, 0.15) is 0 Å². The quantitative estimate of drug-likeness (QED) is 0.125. The number of aromatic nitrogens is 2. The molecular formula is C71H68N2O. The largest absolute Gasteiger partial charge is 0.308 e. The first-order valence-corrected chi connectivity index (χ1v) is 28.1. The van der Waals surface area contributed by atoms with Gasteiger partial charge in [-0.25, -0.2) is 0 Å². The highest BCUT2D eigenvalue weighted by Crippen LogP contribution is 2.63. The van der Waals surface area contributed by atoms with Crippen molar-refractivity contribution >= 4 is 82.0 Å². The monoisotopic (exact) mass is 965 g/mol. The minimum absolute atomic E-state index is 0.0539. The predicted octanol–water partition coefficient (Wildman–Crippen LogP) is 19.6. The van der Waals surface area contributed by atoms with E-state index in [-0.39, 0.29) is 27.6 Å². The number of allylic oxidation sites excluding steroid dienone is 1. The molecule has 0 radical (unpaired) electrons. The van der Waals surface area contributed by atoms with Gasteiger partial charge in [-0.2, -0.15) is 0 Å². The normalized spacial score (nSPS) is 23.5. The van der Waals surface area contributed by atoms with Gasteiger partial charge >= 0.3 is 0 Å². The van der Waals surface area contributed by atoms with Crippen LogP contribution in [0.2, 0.25) is 0 Å². The van der Waals surface area contributed by atoms with Crippen LogP contribution in [0.1, 0.15) is 134 Å². The average molecular weight is 965 g/mol. The summed E-state index contributed by atoms with van der Waals surface area (Å²) in [5.74, 6) is 1.14. The Kier molecular flexibility index (Phi) is 9.73. The lowest BCUT2D eigenvalue weighted by Crippen LogP contribution is -2.39. The van der Waals surface area contributed by atoms with Crippen LogP contribution in [0.25, 0.3) is 104 Å². The van der Waals surface area contributed by atoms with Crippen molar-refractivity contribution in [3.8, 4) is 27.9 Å². The van der Waals surface area contributed by atoms with Crippen molar-refractivity contribution in [3.63, 3.8) is 0 Å². The number of carbonyl (C=O) groups is 1. The molecule has 3 nitrogen and oxygen atoms in total. The third-order valence-corrected chi connectivity index (χ3v) is 20.5. The second-order valence-corrected chi connectivity index (χ2v) is 24.2. The molecule has 17 rings (SSSR count). The van der Waals surface area contributed by atoms with E-state index < -0.39 is 0 Å². The Balaban J connectivity index is 0.00000249. The lowest BCUT2D eigenvalue weighted by atomic mass is 9.59. The molecule has 368 valence electrons. The lowest BCUT2D eigenvalue weighted by molar-refractivity contribution is 0.0543. The number of Topliss-reactive ketones (excluding diaryl/α,β-unsaturated/α-hetero) is 1. The highest BCUT2D eigenvalue weighted by molar-refractivity contribution is 6.37. The van der Waals surface area contributed by atoms with E-state index in [1.54, 1.807) is 0 Å². The number of para-hydroxylation sites is 1. The smallest absolute Gasteiger partial charge is 0.169 e. The van der Waals surface area contributed by atoms with Crippen LogP contribution in [0.3, 0.4) is 0 Å². The Hall–Kier alpha value is -6.97. The van der Waals surface area contributed by atoms with E-state index in [2.05, 4.69) is 196 Å². The Morgan fingerprint density at radius 1 is 0.459 bits per heavy atom. The van der Waals surface area contributed by atoms with Gasteiger partial charge in [0.2, 0.25) is 0 Å². The molecular weight excluding hydrogens is 897 g/mol. The first-order chi connectivity index (χ1) is 35.9. The van der Waals surface area contributed by atoms with Crippen LogP contribution in [-0.4, -0.2) is 14.8 Å². The fourth-order valence-corrected chi connectivity index (χ4v) is 16.0. The van der Waals surface area contributed by atoms with Crippen LogP contribution in [0.5, 0.6) is 0 Å². The number of benzene rings is 8. The summed E-state index contributed by atoms with van der Waals surface area (Å²) in [5.41, 5.74) is 18.0. The van der Waals surface area contributed by atoms with Crippen LogP contribution in [-0.2, 0) is 10.8 Å². The molecule has 0 aliphatic heterocycles. The number of pyridine rings is 1. The number of carbonyl (C=O) groups excluding carboxylic acids is 1. The van der Waals surface area contributed by atoms with E-state index in [1.165, 1.54) is 141 Å². The summed E-state index contributed by atoms with van der Waals surface area (Å²) in [6.45, 7) is 23.5. The van der Waals surface area contributed by atoms with E-state index in [9.17, 15) is 0 Å². The van der Waals surface area contributed by atoms with Gasteiger partial charge in [0.05, 0.1) is 33.3 Å². The Bertz CT molecular complexity index is 4100. The molecule has 3 aromatic heterocycles. The van der Waals surface area contributed by atoms with Crippen LogP contribution < -0.4 is 0 Å². The van der Waals surface area contributed by atoms with Crippen LogP contribution in [0.15, 0.2) is 152 Å². The second-order valence-electron chi connectivity index (χ2n) is 24.2. The highest BCUT2D eigenvalue weighted by Gasteiger charge is 2.53. The van der Waals surface area contributed by atoms with Crippen LogP contribution in [0, 0.1) is 22.7 Å². The summed E-state index contributed by atoms with van der Waals surface area (Å²) >= 11 is 0. The molecule has 8 aromatic carbocycles. The molecule has 0 N–H and O–H groups in total. The average Bonchev–Trinajstić information content (AvgIpc) is 3.87. The number of rotatable bonds is 5. The number of ketones is 1. The first kappa shape index (κ1) is 45.6. The van der Waals surface area contributed by atoms with Crippen LogP contribution in [0.4, 0.5) is 0 Å². The molecule has 2 fully saturated rings. The van der Waals surface area contributed by atoms with Crippen molar-refractivity contribution in [3.05, 3.63) is 174 Å². The molecule has 0 atom stereocenters. The molecule has 3 heterocycles. The Labute approximate surface area is 436 Å². The third kappa shape index (κ3) is 5.77. The molecule has 4 bridgehead atoms. The molecule has 6 aliphatic rings. The van der Waals surface area contributed by atoms with E-state index in [0.29, 0.717) is 11.7 Å². The SMILES string of the molecule is C=C1c2cc3c(cc2C2(C)CCC1(C(C)C)CC2)c1cc2c(c4cccc5cccc(c54)n2-c2c(-c4ccccc4)cccc2-c2ccccc2)c2c4cc5c(cc4n3c12)C(=O)C1(C(C)C)CCC5(C)CC1.CC. The lowest BCUT2D eigenvalue weighted by Gasteiger charge is -2.45. The van der Waals surface area contributed by atoms with Gasteiger partial charge in [0, 0.05) is 54.4 Å². The molecule has 0 saturated heterocycles. The Morgan fingerprint density at radius 3 is 1.59 bits per heavy atom. The predicted molar refractivity (Wildman–Crippen MR) is 315 cm³/mol. The summed E-state index contributed by atoms with van der Waals surface area (Å²) in [5, 5.41) is 10.1. The summed E-state index contributed by atoms with van der Waals surface area (Å²) < 4.78 is 5.26. The molecule has 74 heavy (non-hydrogen) atoms. The van der Waals surface area contributed by atoms with Gasteiger partial charge in [0.15, 0.2) is 5.78 Å². The van der Waals surface area contributed by atoms with Gasteiger partial charge in [-0.1, -0.05) is 171 Å². The zero-order chi connectivity index (χ0) is 50.8. The van der Waals surface area contributed by atoms with E-state index in [4.69, 9.17) is 6.58 Å². The number of fused-ring (bicyclic) bond motifs is 13. The fourth-order valence-electron chi connectivity index (χ4n) is 16.0. The highest BCUT2D eigenvalue weighted by atomic mass is 16.1. The van der Waals surface area contributed by atoms with Gasteiger partial charge in [-0.3, -0.25) is 4.79 Å². The van der Waals surface area contributed by atoms with Crippen molar-refractivity contribution in [1.82, 2.24) is 8.97 Å². The number of hydrogen-bond acceptors (Lipinski definition) is 1. The maximum atomic E-state index is 15.6. The van der Waals surface area contributed by atoms with Crippen molar-refractivity contribution < 1.29 is 4.79 Å². The first-order valence-electron chi connectivity index (χ1n) is 28.1. The van der Waals surface area contributed by atoms with E-state index >= 15 is 4.79 Å². The summed E-state index contributed by atoms with van der Waals surface area (Å²) in [4.78, 5) is 15.6. The summed E-state index contributed by atoms with van der Waals surface area (Å²) in [7, 11) is 0. The molecule has 0 unspecified atom stereocenters. The van der Waals surface area contributed by atoms with Crippen molar-refractivity contribution in [1.29, 1.82) is 0 Å². The van der Waals surface area contributed by atoms with Crippen molar-refractivity contribution in [2.45, 2.75) is 118 Å². The van der Waals surface area contributed by atoms with Crippen molar-refractivity contribution in [2.75, 3.05) is 0 Å². The maximum absolute atomic E-state index is 15.6. The van der Waals surface area contributed by atoms with E-state index in [1.807, 2.05) is 13.8 Å². The topological polar surface area (TPSA) is 26.4 Å². The van der Waals surface area contributed by atoms with Gasteiger partial charge in [0.25, 0.3) is 0 Å². The zero-order valence-corrected chi connectivity index (χ0v) is 44.7. The number of hydrogen-bond donors (Lipinski definition) is 0. The van der Waals surface area contributed by atoms with Crippen LogP contribution >= 0.6 is 0 Å². The minimum atomic E-state index is -0.338. The maximum Gasteiger partial charge on any atom is 0.169 e. The Morgan fingerprint density at radius 2 is 0.986 bits per heavy atom. The van der Waals surface area contributed by atoms with Gasteiger partial charge < -0.3 is 8.97 Å². The third-order valence-electron chi connectivity index (χ3n) is 20.5. The number of nitrogens with zero attached hydrogens (tertiary/aromatic N) is 2.